The quantitative estimate of drug-likeness (QED) is 0.825. The van der Waals surface area contributed by atoms with E-state index in [1.807, 2.05) is 0 Å². The van der Waals surface area contributed by atoms with Gasteiger partial charge in [0, 0.05) is 6.54 Å². The van der Waals surface area contributed by atoms with Gasteiger partial charge in [-0.3, -0.25) is 0 Å². The average Bonchev–Trinajstić information content (AvgIpc) is 2.27. The lowest BCUT2D eigenvalue weighted by molar-refractivity contribution is 0.0872. The average molecular weight is 260 g/mol. The Balaban J connectivity index is 1.72. The lowest BCUT2D eigenvalue weighted by atomic mass is 9.75. The van der Waals surface area contributed by atoms with Crippen LogP contribution in [0.1, 0.15) is 38.5 Å². The Morgan fingerprint density at radius 2 is 1.82 bits per heavy atom. The Labute approximate surface area is 105 Å². The molecule has 100 valence electrons. The Kier molecular flexibility index (Phi) is 4.44. The second kappa shape index (κ2) is 5.67. The summed E-state index contributed by atoms with van der Waals surface area (Å²) >= 11 is 0. The fourth-order valence-corrected chi connectivity index (χ4v) is 3.90. The van der Waals surface area contributed by atoms with Crippen LogP contribution in [0.15, 0.2) is 0 Å². The molecule has 2 fully saturated rings. The van der Waals surface area contributed by atoms with Crippen LogP contribution in [0, 0.1) is 11.8 Å². The molecule has 0 amide bonds. The molecule has 1 aliphatic heterocycles. The van der Waals surface area contributed by atoms with Gasteiger partial charge in [-0.25, -0.2) is 13.6 Å². The summed E-state index contributed by atoms with van der Waals surface area (Å²) in [7, 11) is -3.27. The molecule has 1 saturated carbocycles. The number of nitrogens with zero attached hydrogens (tertiary/aromatic N) is 1. The number of piperidine rings is 1. The fourth-order valence-electron chi connectivity index (χ4n) is 3.37. The zero-order chi connectivity index (χ0) is 12.3. The maximum Gasteiger partial charge on any atom is 0.209 e. The highest BCUT2D eigenvalue weighted by molar-refractivity contribution is 7.89. The number of fused-ring (bicyclic) bond motifs is 1. The normalized spacial score (nSPS) is 31.1. The molecular weight excluding hydrogens is 236 g/mol. The molecule has 0 aromatic heterocycles. The molecule has 1 saturated heterocycles. The number of hydrogen-bond acceptors (Lipinski definition) is 3. The summed E-state index contributed by atoms with van der Waals surface area (Å²) in [5, 5.41) is 5.01. The Morgan fingerprint density at radius 1 is 1.12 bits per heavy atom. The van der Waals surface area contributed by atoms with Gasteiger partial charge in [-0.2, -0.15) is 0 Å². The highest BCUT2D eigenvalue weighted by Crippen LogP contribution is 2.35. The lowest BCUT2D eigenvalue weighted by Crippen LogP contribution is -2.42. The number of nitrogens with two attached hydrogens (primary N) is 1. The summed E-state index contributed by atoms with van der Waals surface area (Å²) in [6.07, 6.45) is 7.56. The molecule has 0 bridgehead atoms. The van der Waals surface area contributed by atoms with E-state index in [1.165, 1.54) is 38.6 Å². The molecular formula is C12H24N2O2S. The van der Waals surface area contributed by atoms with E-state index in [9.17, 15) is 8.42 Å². The van der Waals surface area contributed by atoms with Gasteiger partial charge < -0.3 is 4.90 Å². The van der Waals surface area contributed by atoms with Crippen LogP contribution in [0.4, 0.5) is 0 Å². The minimum Gasteiger partial charge on any atom is -0.303 e. The topological polar surface area (TPSA) is 63.4 Å². The van der Waals surface area contributed by atoms with Crippen LogP contribution < -0.4 is 5.14 Å². The third-order valence-electron chi connectivity index (χ3n) is 4.28. The van der Waals surface area contributed by atoms with E-state index in [2.05, 4.69) is 4.90 Å². The van der Waals surface area contributed by atoms with E-state index >= 15 is 0 Å². The first-order valence-electron chi connectivity index (χ1n) is 6.77. The standard InChI is InChI=1S/C12H24N2O2S/c13-17(15,16)9-3-7-14-8-6-11-4-1-2-5-12(11)10-14/h11-12H,1-10H2,(H2,13,15,16). The van der Waals surface area contributed by atoms with Crippen molar-refractivity contribution in [1.29, 1.82) is 0 Å². The van der Waals surface area contributed by atoms with E-state index in [0.29, 0.717) is 6.42 Å². The molecule has 1 aliphatic carbocycles. The Hall–Kier alpha value is -0.130. The lowest BCUT2D eigenvalue weighted by Gasteiger charge is -2.41. The van der Waals surface area contributed by atoms with E-state index in [0.717, 1.165) is 24.9 Å². The van der Waals surface area contributed by atoms with Gasteiger partial charge in [0.2, 0.25) is 10.0 Å². The predicted molar refractivity (Wildman–Crippen MR) is 69.1 cm³/mol. The molecule has 2 aliphatic rings. The first kappa shape index (κ1) is 13.3. The minimum absolute atomic E-state index is 0.123. The van der Waals surface area contributed by atoms with Crippen LogP contribution >= 0.6 is 0 Å². The van der Waals surface area contributed by atoms with Gasteiger partial charge in [0.05, 0.1) is 5.75 Å². The second-order valence-corrected chi connectivity index (χ2v) is 7.35. The van der Waals surface area contributed by atoms with Crippen LogP contribution in [-0.2, 0) is 10.0 Å². The molecule has 4 nitrogen and oxygen atoms in total. The van der Waals surface area contributed by atoms with Gasteiger partial charge in [-0.15, -0.1) is 0 Å². The molecule has 0 radical (unpaired) electrons. The van der Waals surface area contributed by atoms with E-state index in [4.69, 9.17) is 5.14 Å². The fraction of sp³-hybridized carbons (Fsp3) is 1.00. The molecule has 0 aromatic carbocycles. The van der Waals surface area contributed by atoms with Crippen LogP contribution in [0.25, 0.3) is 0 Å². The second-order valence-electron chi connectivity index (χ2n) is 5.61. The van der Waals surface area contributed by atoms with Crippen molar-refractivity contribution in [2.45, 2.75) is 38.5 Å². The van der Waals surface area contributed by atoms with Crippen molar-refractivity contribution < 1.29 is 8.42 Å². The molecule has 2 atom stereocenters. The minimum atomic E-state index is -3.27. The highest BCUT2D eigenvalue weighted by Gasteiger charge is 2.30. The van der Waals surface area contributed by atoms with Gasteiger partial charge in [-0.1, -0.05) is 19.3 Å². The van der Waals surface area contributed by atoms with Gasteiger partial charge in [0.25, 0.3) is 0 Å². The maximum absolute atomic E-state index is 10.9. The van der Waals surface area contributed by atoms with Crippen LogP contribution in [0.3, 0.4) is 0 Å². The highest BCUT2D eigenvalue weighted by atomic mass is 32.2. The molecule has 2 rings (SSSR count). The Morgan fingerprint density at radius 3 is 2.53 bits per heavy atom. The number of hydrogen-bond donors (Lipinski definition) is 1. The molecule has 1 heterocycles. The van der Waals surface area contributed by atoms with Crippen LogP contribution in [0.2, 0.25) is 0 Å². The van der Waals surface area contributed by atoms with Gasteiger partial charge in [0.15, 0.2) is 0 Å². The molecule has 17 heavy (non-hydrogen) atoms. The van der Waals surface area contributed by atoms with E-state index in [1.54, 1.807) is 0 Å². The molecule has 0 aromatic rings. The number of primary sulfonamides is 1. The predicted octanol–water partition coefficient (Wildman–Crippen LogP) is 1.18. The maximum atomic E-state index is 10.9. The van der Waals surface area contributed by atoms with E-state index < -0.39 is 10.0 Å². The Bertz CT molecular complexity index is 342. The first-order valence-corrected chi connectivity index (χ1v) is 8.49. The summed E-state index contributed by atoms with van der Waals surface area (Å²) in [5.41, 5.74) is 0. The molecule has 2 unspecified atom stereocenters. The molecule has 5 heteroatoms. The SMILES string of the molecule is NS(=O)(=O)CCCN1CCC2CCCCC2C1. The number of likely N-dealkylation sites (tertiary alicyclic amines) is 1. The monoisotopic (exact) mass is 260 g/mol. The van der Waals surface area contributed by atoms with E-state index in [-0.39, 0.29) is 5.75 Å². The van der Waals surface area contributed by atoms with Crippen molar-refractivity contribution in [2.24, 2.45) is 17.0 Å². The summed E-state index contributed by atoms with van der Waals surface area (Å²) < 4.78 is 21.7. The summed E-state index contributed by atoms with van der Waals surface area (Å²) in [6, 6.07) is 0. The number of sulfonamides is 1. The largest absolute Gasteiger partial charge is 0.303 e. The van der Waals surface area contributed by atoms with Gasteiger partial charge >= 0.3 is 0 Å². The van der Waals surface area contributed by atoms with Crippen molar-refractivity contribution in [2.75, 3.05) is 25.4 Å². The van der Waals surface area contributed by atoms with Crippen LogP contribution in [0.5, 0.6) is 0 Å². The van der Waals surface area contributed by atoms with Crippen molar-refractivity contribution in [3.8, 4) is 0 Å². The van der Waals surface area contributed by atoms with Crippen molar-refractivity contribution >= 4 is 10.0 Å². The van der Waals surface area contributed by atoms with Crippen molar-refractivity contribution in [3.63, 3.8) is 0 Å². The zero-order valence-corrected chi connectivity index (χ0v) is 11.3. The smallest absolute Gasteiger partial charge is 0.209 e. The number of rotatable bonds is 4. The molecule has 0 spiro atoms. The third kappa shape index (κ3) is 4.23. The van der Waals surface area contributed by atoms with Crippen LogP contribution in [-0.4, -0.2) is 38.7 Å². The summed E-state index contributed by atoms with van der Waals surface area (Å²) in [4.78, 5) is 2.43. The van der Waals surface area contributed by atoms with Crippen molar-refractivity contribution in [1.82, 2.24) is 4.90 Å². The van der Waals surface area contributed by atoms with Gasteiger partial charge in [-0.05, 0) is 44.2 Å². The third-order valence-corrected chi connectivity index (χ3v) is 5.14. The molecule has 2 N–H and O–H groups in total. The van der Waals surface area contributed by atoms with Gasteiger partial charge in [0.1, 0.15) is 0 Å². The zero-order valence-electron chi connectivity index (χ0n) is 10.5. The first-order chi connectivity index (χ1) is 8.04. The van der Waals surface area contributed by atoms with Crippen molar-refractivity contribution in [3.05, 3.63) is 0 Å². The summed E-state index contributed by atoms with van der Waals surface area (Å²) in [6.45, 7) is 3.21. The summed E-state index contributed by atoms with van der Waals surface area (Å²) in [5.74, 6) is 1.93.